The maximum atomic E-state index is 13.2. The van der Waals surface area contributed by atoms with Gasteiger partial charge in [-0.1, -0.05) is 0 Å². The largest absolute Gasteiger partial charge is 0.405 e. The maximum absolute atomic E-state index is 13.2. The Kier molecular flexibility index (Phi) is 7.11. The van der Waals surface area contributed by atoms with Crippen molar-refractivity contribution < 1.29 is 18.0 Å². The topological polar surface area (TPSA) is 44.4 Å². The van der Waals surface area contributed by atoms with E-state index >= 15 is 0 Å². The monoisotopic (exact) mass is 357 g/mol. The maximum Gasteiger partial charge on any atom is 0.405 e. The molecule has 2 rings (SSSR count). The fourth-order valence-electron chi connectivity index (χ4n) is 2.28. The number of piperazine rings is 1. The molecule has 1 atom stereocenters. The number of hydrogen-bond acceptors (Lipinski definition) is 4. The van der Waals surface area contributed by atoms with Gasteiger partial charge >= 0.3 is 6.18 Å². The van der Waals surface area contributed by atoms with Crippen molar-refractivity contribution in [3.8, 4) is 0 Å². The summed E-state index contributed by atoms with van der Waals surface area (Å²) in [6.45, 7) is 3.16. The Morgan fingerprint density at radius 1 is 1.41 bits per heavy atom. The Bertz CT molecular complexity index is 489. The van der Waals surface area contributed by atoms with Gasteiger partial charge < -0.3 is 10.6 Å². The Labute approximate surface area is 137 Å². The summed E-state index contributed by atoms with van der Waals surface area (Å²) in [5.74, 6) is -0.447. The van der Waals surface area contributed by atoms with Crippen LogP contribution in [0.1, 0.15) is 14.5 Å². The summed E-state index contributed by atoms with van der Waals surface area (Å²) < 4.78 is 39.5. The molecule has 22 heavy (non-hydrogen) atoms. The Morgan fingerprint density at radius 2 is 2.05 bits per heavy atom. The molecule has 0 spiro atoms. The minimum Gasteiger partial charge on any atom is -0.349 e. The molecule has 0 aromatic carbocycles. The van der Waals surface area contributed by atoms with Gasteiger partial charge in [-0.15, -0.1) is 23.7 Å². The normalized spacial score (nSPS) is 17.6. The standard InChI is InChI=1S/C13H18F3N3OS.ClH/c1-9-2-3-10(21-9)12(20)18-8-11(13(14,15)16)19-6-4-17-5-7-19;/h2-3,11,17H,4-8H2,1H3,(H,18,20);1H. The molecular weight excluding hydrogens is 339 g/mol. The van der Waals surface area contributed by atoms with Gasteiger partial charge in [0, 0.05) is 37.6 Å². The molecule has 1 aromatic rings. The number of nitrogens with one attached hydrogen (secondary N) is 2. The molecule has 9 heteroatoms. The highest BCUT2D eigenvalue weighted by Gasteiger charge is 2.43. The highest BCUT2D eigenvalue weighted by atomic mass is 35.5. The van der Waals surface area contributed by atoms with E-state index in [1.165, 1.54) is 16.2 Å². The third-order valence-electron chi connectivity index (χ3n) is 3.39. The lowest BCUT2D eigenvalue weighted by Gasteiger charge is -2.35. The van der Waals surface area contributed by atoms with Gasteiger partial charge in [0.15, 0.2) is 0 Å². The smallest absolute Gasteiger partial charge is 0.349 e. The van der Waals surface area contributed by atoms with E-state index in [1.54, 1.807) is 12.1 Å². The number of carbonyl (C=O) groups is 1. The second kappa shape index (κ2) is 8.14. The van der Waals surface area contributed by atoms with Crippen LogP contribution in [0.25, 0.3) is 0 Å². The van der Waals surface area contributed by atoms with Crippen molar-refractivity contribution >= 4 is 29.7 Å². The first-order chi connectivity index (χ1) is 9.88. The molecule has 0 aliphatic carbocycles. The van der Waals surface area contributed by atoms with Crippen LogP contribution in [0.4, 0.5) is 13.2 Å². The third kappa shape index (κ3) is 5.12. The van der Waals surface area contributed by atoms with Crippen molar-refractivity contribution in [2.24, 2.45) is 0 Å². The summed E-state index contributed by atoms with van der Waals surface area (Å²) in [5, 5.41) is 5.43. The number of halogens is 4. The quantitative estimate of drug-likeness (QED) is 0.866. The number of thiophene rings is 1. The van der Waals surface area contributed by atoms with Crippen LogP contribution in [-0.4, -0.2) is 55.7 Å². The van der Waals surface area contributed by atoms with E-state index < -0.39 is 24.7 Å². The zero-order chi connectivity index (χ0) is 15.5. The van der Waals surface area contributed by atoms with E-state index in [0.717, 1.165) is 4.88 Å². The summed E-state index contributed by atoms with van der Waals surface area (Å²) in [5.41, 5.74) is 0. The Hall–Kier alpha value is -0.830. The zero-order valence-corrected chi connectivity index (χ0v) is 13.7. The van der Waals surface area contributed by atoms with Crippen LogP contribution in [0.3, 0.4) is 0 Å². The van der Waals surface area contributed by atoms with Gasteiger partial charge in [-0.05, 0) is 19.1 Å². The van der Waals surface area contributed by atoms with Crippen molar-refractivity contribution in [2.45, 2.75) is 19.1 Å². The molecule has 1 unspecified atom stereocenters. The zero-order valence-electron chi connectivity index (χ0n) is 12.1. The number of amides is 1. The van der Waals surface area contributed by atoms with E-state index in [-0.39, 0.29) is 12.4 Å². The Morgan fingerprint density at radius 3 is 2.55 bits per heavy atom. The Balaban J connectivity index is 0.00000242. The summed E-state index contributed by atoms with van der Waals surface area (Å²) in [6, 6.07) is 1.77. The van der Waals surface area contributed by atoms with E-state index in [9.17, 15) is 18.0 Å². The number of aryl methyl sites for hydroxylation is 1. The molecule has 2 heterocycles. The molecule has 0 saturated carbocycles. The van der Waals surface area contributed by atoms with E-state index in [0.29, 0.717) is 31.1 Å². The predicted molar refractivity (Wildman–Crippen MR) is 82.9 cm³/mol. The average Bonchev–Trinajstić information content (AvgIpc) is 2.85. The minimum atomic E-state index is -4.35. The molecule has 0 radical (unpaired) electrons. The number of hydrogen-bond donors (Lipinski definition) is 2. The van der Waals surface area contributed by atoms with Crippen LogP contribution in [0.2, 0.25) is 0 Å². The predicted octanol–water partition coefficient (Wildman–Crippen LogP) is 2.04. The van der Waals surface area contributed by atoms with Crippen molar-refractivity contribution in [3.05, 3.63) is 21.9 Å². The number of alkyl halides is 3. The van der Waals surface area contributed by atoms with Crippen LogP contribution in [0.15, 0.2) is 12.1 Å². The van der Waals surface area contributed by atoms with Crippen LogP contribution in [-0.2, 0) is 0 Å². The molecule has 1 fully saturated rings. The van der Waals surface area contributed by atoms with Gasteiger partial charge in [-0.3, -0.25) is 9.69 Å². The number of carbonyl (C=O) groups excluding carboxylic acids is 1. The fraction of sp³-hybridized carbons (Fsp3) is 0.615. The molecule has 1 aliphatic heterocycles. The molecule has 1 amide bonds. The molecule has 126 valence electrons. The summed E-state index contributed by atoms with van der Waals surface area (Å²) in [7, 11) is 0. The molecule has 1 saturated heterocycles. The van der Waals surface area contributed by atoms with Crippen molar-refractivity contribution in [3.63, 3.8) is 0 Å². The molecular formula is C13H19ClF3N3OS. The van der Waals surface area contributed by atoms with Crippen molar-refractivity contribution in [1.82, 2.24) is 15.5 Å². The van der Waals surface area contributed by atoms with Gasteiger partial charge in [0.2, 0.25) is 0 Å². The lowest BCUT2D eigenvalue weighted by molar-refractivity contribution is -0.183. The lowest BCUT2D eigenvalue weighted by atomic mass is 10.2. The van der Waals surface area contributed by atoms with E-state index in [4.69, 9.17) is 0 Å². The van der Waals surface area contributed by atoms with E-state index in [1.807, 2.05) is 6.92 Å². The average molecular weight is 358 g/mol. The highest BCUT2D eigenvalue weighted by Crippen LogP contribution is 2.25. The molecule has 2 N–H and O–H groups in total. The van der Waals surface area contributed by atoms with Crippen molar-refractivity contribution in [2.75, 3.05) is 32.7 Å². The van der Waals surface area contributed by atoms with Crippen LogP contribution < -0.4 is 10.6 Å². The number of nitrogens with zero attached hydrogens (tertiary/aromatic N) is 1. The van der Waals surface area contributed by atoms with Crippen molar-refractivity contribution in [1.29, 1.82) is 0 Å². The molecule has 0 bridgehead atoms. The fourth-order valence-corrected chi connectivity index (χ4v) is 3.06. The van der Waals surface area contributed by atoms with E-state index in [2.05, 4.69) is 10.6 Å². The molecule has 1 aromatic heterocycles. The summed E-state index contributed by atoms with van der Waals surface area (Å²) in [4.78, 5) is 14.6. The second-order valence-electron chi connectivity index (χ2n) is 4.96. The molecule has 4 nitrogen and oxygen atoms in total. The lowest BCUT2D eigenvalue weighted by Crippen LogP contribution is -2.57. The first kappa shape index (κ1) is 19.2. The van der Waals surface area contributed by atoms with Crippen LogP contribution >= 0.6 is 23.7 Å². The van der Waals surface area contributed by atoms with Gasteiger partial charge in [0.25, 0.3) is 5.91 Å². The number of rotatable bonds is 4. The van der Waals surface area contributed by atoms with Gasteiger partial charge in [-0.2, -0.15) is 13.2 Å². The second-order valence-corrected chi connectivity index (χ2v) is 6.25. The minimum absolute atomic E-state index is 0. The first-order valence-electron chi connectivity index (χ1n) is 6.74. The summed E-state index contributed by atoms with van der Waals surface area (Å²) >= 11 is 1.27. The SMILES string of the molecule is Cc1ccc(C(=O)NCC(N2CCNCC2)C(F)(F)F)s1.Cl. The van der Waals surface area contributed by atoms with Gasteiger partial charge in [-0.25, -0.2) is 0 Å². The van der Waals surface area contributed by atoms with Crippen LogP contribution in [0.5, 0.6) is 0 Å². The third-order valence-corrected chi connectivity index (χ3v) is 4.39. The first-order valence-corrected chi connectivity index (χ1v) is 7.55. The van der Waals surface area contributed by atoms with Gasteiger partial charge in [0.1, 0.15) is 6.04 Å². The van der Waals surface area contributed by atoms with Gasteiger partial charge in [0.05, 0.1) is 4.88 Å². The summed E-state index contributed by atoms with van der Waals surface area (Å²) in [6.07, 6.45) is -4.35. The molecule has 1 aliphatic rings. The van der Waals surface area contributed by atoms with Crippen LogP contribution in [0, 0.1) is 6.92 Å². The highest BCUT2D eigenvalue weighted by molar-refractivity contribution is 7.13.